The van der Waals surface area contributed by atoms with Crippen molar-refractivity contribution < 1.29 is 14.3 Å². The number of carbonyl (C=O) groups is 2. The highest BCUT2D eigenvalue weighted by Crippen LogP contribution is 2.09. The number of ether oxygens (including phenoxy) is 1. The number of carbonyl (C=O) groups excluding carboxylic acids is 2. The molecule has 0 bridgehead atoms. The second-order valence-corrected chi connectivity index (χ2v) is 5.90. The first-order valence-corrected chi connectivity index (χ1v) is 8.20. The minimum Gasteiger partial charge on any atom is -0.452 e. The zero-order valence-electron chi connectivity index (χ0n) is 14.4. The highest BCUT2D eigenvalue weighted by Gasteiger charge is 2.13. The summed E-state index contributed by atoms with van der Waals surface area (Å²) in [5, 5.41) is 6.83. The molecule has 6 nitrogen and oxygen atoms in total. The average molecular weight is 349 g/mol. The minimum absolute atomic E-state index is 0.309. The Labute approximate surface area is 151 Å². The molecule has 1 heterocycles. The normalized spacial score (nSPS) is 10.3. The van der Waals surface area contributed by atoms with Crippen LogP contribution in [0.5, 0.6) is 0 Å². The molecule has 0 atom stereocenters. The largest absolute Gasteiger partial charge is 0.452 e. The molecule has 132 valence electrons. The van der Waals surface area contributed by atoms with E-state index in [2.05, 4.69) is 10.4 Å². The van der Waals surface area contributed by atoms with Crippen molar-refractivity contribution in [1.29, 1.82) is 0 Å². The quantitative estimate of drug-likeness (QED) is 0.694. The van der Waals surface area contributed by atoms with Crippen molar-refractivity contribution in [3.63, 3.8) is 0 Å². The lowest BCUT2D eigenvalue weighted by Crippen LogP contribution is -2.20. The van der Waals surface area contributed by atoms with Crippen molar-refractivity contribution in [3.8, 4) is 0 Å². The number of benzene rings is 2. The van der Waals surface area contributed by atoms with Gasteiger partial charge in [0.15, 0.2) is 6.61 Å². The molecule has 0 saturated heterocycles. The fourth-order valence-corrected chi connectivity index (χ4v) is 2.37. The van der Waals surface area contributed by atoms with E-state index in [1.165, 1.54) is 6.20 Å². The fourth-order valence-electron chi connectivity index (χ4n) is 2.37. The van der Waals surface area contributed by atoms with Crippen LogP contribution in [0, 0.1) is 6.92 Å². The number of aryl methyl sites for hydroxylation is 1. The molecular formula is C20H19N3O3. The maximum Gasteiger partial charge on any atom is 0.341 e. The van der Waals surface area contributed by atoms with Gasteiger partial charge in [-0.1, -0.05) is 48.0 Å². The van der Waals surface area contributed by atoms with Gasteiger partial charge in [0.1, 0.15) is 0 Å². The van der Waals surface area contributed by atoms with E-state index < -0.39 is 5.97 Å². The summed E-state index contributed by atoms with van der Waals surface area (Å²) in [6, 6.07) is 17.2. The molecule has 0 fully saturated rings. The first-order valence-electron chi connectivity index (χ1n) is 8.20. The van der Waals surface area contributed by atoms with Crippen LogP contribution in [0.4, 0.5) is 5.69 Å². The van der Waals surface area contributed by atoms with E-state index in [4.69, 9.17) is 4.74 Å². The fraction of sp³-hybridized carbons (Fsp3) is 0.150. The predicted molar refractivity (Wildman–Crippen MR) is 97.9 cm³/mol. The topological polar surface area (TPSA) is 73.2 Å². The molecule has 0 radical (unpaired) electrons. The molecular weight excluding hydrogens is 330 g/mol. The second kappa shape index (κ2) is 8.11. The molecule has 0 aliphatic carbocycles. The van der Waals surface area contributed by atoms with E-state index in [1.807, 2.05) is 49.4 Å². The molecule has 0 aliphatic heterocycles. The number of anilines is 1. The Kier molecular flexibility index (Phi) is 5.43. The molecule has 1 N–H and O–H groups in total. The maximum absolute atomic E-state index is 12.1. The SMILES string of the molecule is Cc1ccc(NC(=O)COC(=O)c2cnn(Cc3ccccc3)c2)cc1. The molecule has 0 saturated carbocycles. The van der Waals surface area contributed by atoms with Crippen molar-refractivity contribution in [2.24, 2.45) is 0 Å². The van der Waals surface area contributed by atoms with E-state index in [0.29, 0.717) is 17.8 Å². The highest BCUT2D eigenvalue weighted by molar-refractivity contribution is 5.95. The Morgan fingerprint density at radius 1 is 1.08 bits per heavy atom. The van der Waals surface area contributed by atoms with E-state index >= 15 is 0 Å². The molecule has 0 unspecified atom stereocenters. The lowest BCUT2D eigenvalue weighted by Gasteiger charge is -2.06. The van der Waals surface area contributed by atoms with Gasteiger partial charge in [0.25, 0.3) is 5.91 Å². The third-order valence-corrected chi connectivity index (χ3v) is 3.73. The van der Waals surface area contributed by atoms with Crippen LogP contribution in [-0.2, 0) is 16.1 Å². The van der Waals surface area contributed by atoms with E-state index in [0.717, 1.165) is 11.1 Å². The first kappa shape index (κ1) is 17.4. The zero-order valence-corrected chi connectivity index (χ0v) is 14.4. The summed E-state index contributed by atoms with van der Waals surface area (Å²) in [6.07, 6.45) is 3.04. The number of hydrogen-bond acceptors (Lipinski definition) is 4. The number of esters is 1. The number of aromatic nitrogens is 2. The monoisotopic (exact) mass is 349 g/mol. The molecule has 1 aromatic heterocycles. The van der Waals surface area contributed by atoms with Crippen molar-refractivity contribution in [1.82, 2.24) is 9.78 Å². The van der Waals surface area contributed by atoms with Gasteiger partial charge in [0.2, 0.25) is 0 Å². The smallest absolute Gasteiger partial charge is 0.341 e. The van der Waals surface area contributed by atoms with Crippen LogP contribution in [0.25, 0.3) is 0 Å². The number of rotatable bonds is 6. The number of nitrogens with one attached hydrogen (secondary N) is 1. The van der Waals surface area contributed by atoms with Crippen LogP contribution in [0.15, 0.2) is 67.0 Å². The third-order valence-electron chi connectivity index (χ3n) is 3.73. The van der Waals surface area contributed by atoms with Crippen LogP contribution >= 0.6 is 0 Å². The van der Waals surface area contributed by atoms with E-state index in [1.54, 1.807) is 23.0 Å². The van der Waals surface area contributed by atoms with Gasteiger partial charge in [-0.25, -0.2) is 4.79 Å². The van der Waals surface area contributed by atoms with Gasteiger partial charge in [-0.3, -0.25) is 9.48 Å². The van der Waals surface area contributed by atoms with E-state index in [9.17, 15) is 9.59 Å². The summed E-state index contributed by atoms with van der Waals surface area (Å²) in [5.74, 6) is -0.970. The minimum atomic E-state index is -0.580. The second-order valence-electron chi connectivity index (χ2n) is 5.90. The Bertz CT molecular complexity index is 886. The molecule has 0 spiro atoms. The van der Waals surface area contributed by atoms with Crippen LogP contribution in [-0.4, -0.2) is 28.3 Å². The molecule has 6 heteroatoms. The van der Waals surface area contributed by atoms with Gasteiger partial charge in [-0.05, 0) is 24.6 Å². The van der Waals surface area contributed by atoms with Gasteiger partial charge in [0, 0.05) is 11.9 Å². The van der Waals surface area contributed by atoms with E-state index in [-0.39, 0.29) is 12.5 Å². The Morgan fingerprint density at radius 2 is 1.81 bits per heavy atom. The summed E-state index contributed by atoms with van der Waals surface area (Å²) >= 11 is 0. The lowest BCUT2D eigenvalue weighted by atomic mass is 10.2. The highest BCUT2D eigenvalue weighted by atomic mass is 16.5. The lowest BCUT2D eigenvalue weighted by molar-refractivity contribution is -0.119. The molecule has 0 aliphatic rings. The Hall–Kier alpha value is -3.41. The van der Waals surface area contributed by atoms with Gasteiger partial charge < -0.3 is 10.1 Å². The van der Waals surface area contributed by atoms with Gasteiger partial charge in [-0.15, -0.1) is 0 Å². The van der Waals surface area contributed by atoms with Crippen molar-refractivity contribution in [2.45, 2.75) is 13.5 Å². The van der Waals surface area contributed by atoms with Crippen LogP contribution in [0.1, 0.15) is 21.5 Å². The zero-order chi connectivity index (χ0) is 18.4. The Morgan fingerprint density at radius 3 is 2.54 bits per heavy atom. The van der Waals surface area contributed by atoms with Crippen LogP contribution in [0.3, 0.4) is 0 Å². The van der Waals surface area contributed by atoms with Crippen molar-refractivity contribution in [2.75, 3.05) is 11.9 Å². The van der Waals surface area contributed by atoms with Gasteiger partial charge >= 0.3 is 5.97 Å². The van der Waals surface area contributed by atoms with Crippen LogP contribution < -0.4 is 5.32 Å². The molecule has 3 rings (SSSR count). The predicted octanol–water partition coefficient (Wildman–Crippen LogP) is 3.04. The summed E-state index contributed by atoms with van der Waals surface area (Å²) in [4.78, 5) is 23.9. The molecule has 3 aromatic rings. The molecule has 2 aromatic carbocycles. The standard InChI is InChI=1S/C20H19N3O3/c1-15-7-9-18(10-8-15)22-19(24)14-26-20(25)17-11-21-23(13-17)12-16-5-3-2-4-6-16/h2-11,13H,12,14H2,1H3,(H,22,24). The number of nitrogens with zero attached hydrogens (tertiary/aromatic N) is 2. The summed E-state index contributed by atoms with van der Waals surface area (Å²) in [5.41, 5.74) is 3.14. The van der Waals surface area contributed by atoms with Crippen molar-refractivity contribution in [3.05, 3.63) is 83.7 Å². The number of amides is 1. The number of hydrogen-bond donors (Lipinski definition) is 1. The Balaban J connectivity index is 1.50. The van der Waals surface area contributed by atoms with Crippen molar-refractivity contribution >= 4 is 17.6 Å². The molecule has 26 heavy (non-hydrogen) atoms. The van der Waals surface area contributed by atoms with Gasteiger partial charge in [-0.2, -0.15) is 5.10 Å². The van der Waals surface area contributed by atoms with Crippen LogP contribution in [0.2, 0.25) is 0 Å². The molecule has 1 amide bonds. The van der Waals surface area contributed by atoms with Gasteiger partial charge in [0.05, 0.1) is 18.3 Å². The average Bonchev–Trinajstić information content (AvgIpc) is 3.11. The summed E-state index contributed by atoms with van der Waals surface area (Å²) in [7, 11) is 0. The maximum atomic E-state index is 12.1. The first-order chi connectivity index (χ1) is 12.6. The third kappa shape index (κ3) is 4.80. The summed E-state index contributed by atoms with van der Waals surface area (Å²) < 4.78 is 6.70. The summed E-state index contributed by atoms with van der Waals surface area (Å²) in [6.45, 7) is 2.17.